The van der Waals surface area contributed by atoms with Gasteiger partial charge in [-0.05, 0) is 102 Å². The second kappa shape index (κ2) is 9.50. The van der Waals surface area contributed by atoms with Crippen molar-refractivity contribution in [1.29, 1.82) is 0 Å². The fourth-order valence-corrected chi connectivity index (χ4v) is 5.23. The molecule has 0 atom stereocenters. The third-order valence-corrected chi connectivity index (χ3v) is 7.33. The van der Waals surface area contributed by atoms with Crippen molar-refractivity contribution in [1.82, 2.24) is 0 Å². The molecule has 0 N–H and O–H groups in total. The molecule has 0 fully saturated rings. The maximum atomic E-state index is 2.28. The molecule has 0 aromatic heterocycles. The van der Waals surface area contributed by atoms with Crippen LogP contribution < -0.4 is 0 Å². The SMILES string of the molecule is C(=C\c1ccc2cc3ccccc3cc2c1)/c1ccc(/C=C/c2ccc3cc4ccccc4cc3c2)cc1. The van der Waals surface area contributed by atoms with Gasteiger partial charge in [0.25, 0.3) is 0 Å². The van der Waals surface area contributed by atoms with Crippen LogP contribution in [0, 0.1) is 0 Å². The lowest BCUT2D eigenvalue weighted by atomic mass is 10.0. The smallest absolute Gasteiger partial charge is 0.0172 e. The molecule has 0 heterocycles. The van der Waals surface area contributed by atoms with Gasteiger partial charge in [-0.25, -0.2) is 0 Å². The summed E-state index contributed by atoms with van der Waals surface area (Å²) in [5.74, 6) is 0. The third kappa shape index (κ3) is 4.49. The van der Waals surface area contributed by atoms with Crippen LogP contribution in [0.3, 0.4) is 0 Å². The van der Waals surface area contributed by atoms with Crippen molar-refractivity contribution in [3.05, 3.63) is 156 Å². The van der Waals surface area contributed by atoms with Crippen LogP contribution >= 0.6 is 0 Å². The Kier molecular flexibility index (Phi) is 5.57. The number of hydrogen-bond acceptors (Lipinski definition) is 0. The fraction of sp³-hybridized carbons (Fsp3) is 0. The van der Waals surface area contributed by atoms with Crippen molar-refractivity contribution >= 4 is 67.4 Å². The van der Waals surface area contributed by atoms with E-state index in [0.29, 0.717) is 0 Å². The first-order chi connectivity index (χ1) is 18.8. The van der Waals surface area contributed by atoms with Gasteiger partial charge in [0.15, 0.2) is 0 Å². The van der Waals surface area contributed by atoms with Gasteiger partial charge >= 0.3 is 0 Å². The van der Waals surface area contributed by atoms with Gasteiger partial charge in [0, 0.05) is 0 Å². The highest BCUT2D eigenvalue weighted by Crippen LogP contribution is 2.26. The predicted octanol–water partition coefficient (Wildman–Crippen LogP) is 10.6. The maximum Gasteiger partial charge on any atom is -0.0172 e. The Labute approximate surface area is 222 Å². The molecular formula is C38H26. The van der Waals surface area contributed by atoms with Crippen LogP contribution in [0.2, 0.25) is 0 Å². The van der Waals surface area contributed by atoms with Crippen molar-refractivity contribution in [2.75, 3.05) is 0 Å². The lowest BCUT2D eigenvalue weighted by molar-refractivity contribution is 1.62. The molecule has 0 heteroatoms. The summed E-state index contributed by atoms with van der Waals surface area (Å²) in [5.41, 5.74) is 4.80. The van der Waals surface area contributed by atoms with Crippen LogP contribution in [0.25, 0.3) is 67.4 Å². The van der Waals surface area contributed by atoms with Gasteiger partial charge in [-0.15, -0.1) is 0 Å². The Morgan fingerprint density at radius 1 is 0.237 bits per heavy atom. The zero-order chi connectivity index (χ0) is 25.3. The monoisotopic (exact) mass is 482 g/mol. The van der Waals surface area contributed by atoms with Gasteiger partial charge in [0.05, 0.1) is 0 Å². The molecule has 0 saturated heterocycles. The van der Waals surface area contributed by atoms with E-state index in [4.69, 9.17) is 0 Å². The largest absolute Gasteiger partial charge is 0.0616 e. The normalized spacial score (nSPS) is 12.0. The highest BCUT2D eigenvalue weighted by molar-refractivity contribution is 6.00. The van der Waals surface area contributed by atoms with E-state index in [9.17, 15) is 0 Å². The minimum absolute atomic E-state index is 1.19. The summed E-state index contributed by atoms with van der Waals surface area (Å²) in [4.78, 5) is 0. The molecule has 0 aliphatic rings. The first-order valence-electron chi connectivity index (χ1n) is 13.1. The number of hydrogen-bond donors (Lipinski definition) is 0. The topological polar surface area (TPSA) is 0 Å². The number of rotatable bonds is 4. The highest BCUT2D eigenvalue weighted by atomic mass is 14.0. The second-order valence-corrected chi connectivity index (χ2v) is 9.95. The molecule has 0 saturated carbocycles. The summed E-state index contributed by atoms with van der Waals surface area (Å²) in [6.07, 6.45) is 8.75. The van der Waals surface area contributed by atoms with Gasteiger partial charge in [-0.3, -0.25) is 0 Å². The highest BCUT2D eigenvalue weighted by Gasteiger charge is 2.00. The van der Waals surface area contributed by atoms with Crippen molar-refractivity contribution in [3.8, 4) is 0 Å². The summed E-state index contributed by atoms with van der Waals surface area (Å²) < 4.78 is 0. The molecule has 7 aromatic rings. The minimum Gasteiger partial charge on any atom is -0.0616 e. The van der Waals surface area contributed by atoms with Gasteiger partial charge in [0.1, 0.15) is 0 Å². The van der Waals surface area contributed by atoms with Crippen molar-refractivity contribution in [2.45, 2.75) is 0 Å². The van der Waals surface area contributed by atoms with Crippen LogP contribution in [0.1, 0.15) is 22.3 Å². The Hall–Kier alpha value is -4.94. The minimum atomic E-state index is 1.19. The van der Waals surface area contributed by atoms with Crippen molar-refractivity contribution in [2.24, 2.45) is 0 Å². The molecule has 178 valence electrons. The van der Waals surface area contributed by atoms with Crippen LogP contribution in [-0.2, 0) is 0 Å². The average Bonchev–Trinajstić information content (AvgIpc) is 2.97. The molecule has 0 bridgehead atoms. The van der Waals surface area contributed by atoms with Gasteiger partial charge in [0.2, 0.25) is 0 Å². The van der Waals surface area contributed by atoms with Gasteiger partial charge in [-0.2, -0.15) is 0 Å². The first kappa shape index (κ1) is 22.3. The maximum absolute atomic E-state index is 2.28. The zero-order valence-electron chi connectivity index (χ0n) is 21.0. The number of fused-ring (bicyclic) bond motifs is 4. The molecule has 0 spiro atoms. The molecular weight excluding hydrogens is 456 g/mol. The summed E-state index contributed by atoms with van der Waals surface area (Å²) in [6, 6.07) is 48.2. The summed E-state index contributed by atoms with van der Waals surface area (Å²) in [5, 5.41) is 10.2. The molecule has 7 aromatic carbocycles. The quantitative estimate of drug-likeness (QED) is 0.173. The van der Waals surface area contributed by atoms with E-state index in [1.807, 2.05) is 0 Å². The van der Waals surface area contributed by atoms with E-state index in [1.54, 1.807) is 0 Å². The zero-order valence-corrected chi connectivity index (χ0v) is 21.0. The molecule has 0 unspecified atom stereocenters. The lowest BCUT2D eigenvalue weighted by Crippen LogP contribution is -1.79. The van der Waals surface area contributed by atoms with Gasteiger partial charge < -0.3 is 0 Å². The Morgan fingerprint density at radius 2 is 0.526 bits per heavy atom. The standard InChI is InChI=1S/C38H26/c1-3-7-33-25-37-21-29(17-19-35(37)23-31(33)5-1)15-13-27-9-11-28(12-10-27)14-16-30-18-20-36-24-32-6-2-4-8-34(32)26-38(36)22-30/h1-26H/b15-13+,16-14+. The molecule has 38 heavy (non-hydrogen) atoms. The summed E-state index contributed by atoms with van der Waals surface area (Å²) in [6.45, 7) is 0. The Bertz CT molecular complexity index is 1860. The average molecular weight is 483 g/mol. The van der Waals surface area contributed by atoms with Gasteiger partial charge in [-0.1, -0.05) is 121 Å². The number of benzene rings is 7. The van der Waals surface area contributed by atoms with E-state index in [1.165, 1.54) is 65.3 Å². The summed E-state index contributed by atoms with van der Waals surface area (Å²) in [7, 11) is 0. The van der Waals surface area contributed by atoms with E-state index in [-0.39, 0.29) is 0 Å². The third-order valence-electron chi connectivity index (χ3n) is 7.33. The van der Waals surface area contributed by atoms with E-state index >= 15 is 0 Å². The predicted molar refractivity (Wildman–Crippen MR) is 167 cm³/mol. The van der Waals surface area contributed by atoms with E-state index in [2.05, 4.69) is 158 Å². The van der Waals surface area contributed by atoms with Crippen LogP contribution in [-0.4, -0.2) is 0 Å². The van der Waals surface area contributed by atoms with Crippen molar-refractivity contribution in [3.63, 3.8) is 0 Å². The molecule has 0 radical (unpaired) electrons. The first-order valence-corrected chi connectivity index (χ1v) is 13.1. The van der Waals surface area contributed by atoms with Crippen LogP contribution in [0.15, 0.2) is 133 Å². The molecule has 0 nitrogen and oxygen atoms in total. The lowest BCUT2D eigenvalue weighted by Gasteiger charge is -2.04. The molecule has 7 rings (SSSR count). The van der Waals surface area contributed by atoms with Crippen LogP contribution in [0.4, 0.5) is 0 Å². The molecule has 0 aliphatic carbocycles. The molecule has 0 amide bonds. The second-order valence-electron chi connectivity index (χ2n) is 9.95. The summed E-state index contributed by atoms with van der Waals surface area (Å²) >= 11 is 0. The Morgan fingerprint density at radius 3 is 0.921 bits per heavy atom. The van der Waals surface area contributed by atoms with E-state index in [0.717, 1.165) is 0 Å². The van der Waals surface area contributed by atoms with E-state index < -0.39 is 0 Å². The van der Waals surface area contributed by atoms with Crippen LogP contribution in [0.5, 0.6) is 0 Å². The fourth-order valence-electron chi connectivity index (χ4n) is 5.23. The molecule has 0 aliphatic heterocycles. The Balaban J connectivity index is 1.08. The van der Waals surface area contributed by atoms with Crippen molar-refractivity contribution < 1.29 is 0 Å².